The molecule has 0 bridgehead atoms. The first-order valence-corrected chi connectivity index (χ1v) is 9.90. The molecule has 1 aliphatic rings. The Balaban J connectivity index is 2.01. The molecule has 2 aromatic carbocycles. The fourth-order valence-corrected chi connectivity index (χ4v) is 4.47. The van der Waals surface area contributed by atoms with E-state index in [-0.39, 0.29) is 22.1 Å². The van der Waals surface area contributed by atoms with Gasteiger partial charge in [-0.1, -0.05) is 0 Å². The van der Waals surface area contributed by atoms with Crippen LogP contribution in [-0.4, -0.2) is 44.1 Å². The SMILES string of the molecule is COc1ccc(C=O)cc1Oc1ccc(S(=O)(=O)N2CCCC2)cc1[N+](=O)[O-]. The van der Waals surface area contributed by atoms with E-state index in [0.717, 1.165) is 18.9 Å². The summed E-state index contributed by atoms with van der Waals surface area (Å²) in [5, 5.41) is 11.5. The molecule has 9 nitrogen and oxygen atoms in total. The molecule has 10 heteroatoms. The molecule has 0 aliphatic carbocycles. The van der Waals surface area contributed by atoms with Crippen LogP contribution in [0.2, 0.25) is 0 Å². The highest BCUT2D eigenvalue weighted by Crippen LogP contribution is 2.38. The minimum atomic E-state index is -3.81. The molecule has 3 rings (SSSR count). The first-order chi connectivity index (χ1) is 13.4. The lowest BCUT2D eigenvalue weighted by molar-refractivity contribution is -0.385. The van der Waals surface area contributed by atoms with Gasteiger partial charge in [-0.25, -0.2) is 8.42 Å². The minimum absolute atomic E-state index is 0.102. The van der Waals surface area contributed by atoms with Gasteiger partial charge in [0.15, 0.2) is 11.5 Å². The molecule has 0 spiro atoms. The highest BCUT2D eigenvalue weighted by atomic mass is 32.2. The summed E-state index contributed by atoms with van der Waals surface area (Å²) in [5.41, 5.74) is -0.203. The van der Waals surface area contributed by atoms with Crippen LogP contribution in [0.5, 0.6) is 17.2 Å². The Morgan fingerprint density at radius 2 is 1.75 bits per heavy atom. The van der Waals surface area contributed by atoms with E-state index in [1.165, 1.54) is 41.7 Å². The maximum absolute atomic E-state index is 12.7. The molecule has 0 N–H and O–H groups in total. The minimum Gasteiger partial charge on any atom is -0.493 e. The van der Waals surface area contributed by atoms with E-state index in [0.29, 0.717) is 24.9 Å². The molecule has 1 saturated heterocycles. The number of carbonyl (C=O) groups excluding carboxylic acids is 1. The van der Waals surface area contributed by atoms with Crippen molar-refractivity contribution in [3.8, 4) is 17.2 Å². The molecule has 1 fully saturated rings. The molecule has 1 heterocycles. The quantitative estimate of drug-likeness (QED) is 0.394. The van der Waals surface area contributed by atoms with Crippen molar-refractivity contribution in [2.75, 3.05) is 20.2 Å². The van der Waals surface area contributed by atoms with Gasteiger partial charge in [-0.15, -0.1) is 0 Å². The molecule has 0 amide bonds. The van der Waals surface area contributed by atoms with Crippen molar-refractivity contribution in [1.29, 1.82) is 0 Å². The molecule has 2 aromatic rings. The number of nitro benzene ring substituents is 1. The Morgan fingerprint density at radius 1 is 1.07 bits per heavy atom. The topological polar surface area (TPSA) is 116 Å². The van der Waals surface area contributed by atoms with Crippen LogP contribution in [0.3, 0.4) is 0 Å². The van der Waals surface area contributed by atoms with Crippen molar-refractivity contribution in [2.45, 2.75) is 17.7 Å². The van der Waals surface area contributed by atoms with E-state index in [9.17, 15) is 23.3 Å². The van der Waals surface area contributed by atoms with E-state index in [1.54, 1.807) is 0 Å². The van der Waals surface area contributed by atoms with Crippen LogP contribution in [0.1, 0.15) is 23.2 Å². The number of sulfonamides is 1. The predicted molar refractivity (Wildman–Crippen MR) is 99.5 cm³/mol. The van der Waals surface area contributed by atoms with E-state index in [1.807, 2.05) is 0 Å². The first kappa shape index (κ1) is 19.8. The van der Waals surface area contributed by atoms with Crippen LogP contribution in [0.25, 0.3) is 0 Å². The number of methoxy groups -OCH3 is 1. The van der Waals surface area contributed by atoms with E-state index in [4.69, 9.17) is 9.47 Å². The molecular formula is C18H18N2O7S. The maximum Gasteiger partial charge on any atom is 0.312 e. The zero-order valence-corrected chi connectivity index (χ0v) is 15.8. The van der Waals surface area contributed by atoms with Crippen LogP contribution in [-0.2, 0) is 10.0 Å². The van der Waals surface area contributed by atoms with Gasteiger partial charge in [0.05, 0.1) is 16.9 Å². The molecule has 1 aliphatic heterocycles. The zero-order valence-electron chi connectivity index (χ0n) is 15.0. The Labute approximate surface area is 161 Å². The summed E-state index contributed by atoms with van der Waals surface area (Å²) in [4.78, 5) is 21.6. The maximum atomic E-state index is 12.7. The summed E-state index contributed by atoms with van der Waals surface area (Å²) < 4.78 is 37.4. The van der Waals surface area contributed by atoms with Crippen molar-refractivity contribution >= 4 is 22.0 Å². The normalized spacial score (nSPS) is 14.6. The first-order valence-electron chi connectivity index (χ1n) is 8.46. The highest BCUT2D eigenvalue weighted by Gasteiger charge is 2.30. The van der Waals surface area contributed by atoms with Gasteiger partial charge in [-0.3, -0.25) is 14.9 Å². The van der Waals surface area contributed by atoms with Gasteiger partial charge in [0.25, 0.3) is 0 Å². The number of aldehydes is 1. The van der Waals surface area contributed by atoms with Crippen LogP contribution >= 0.6 is 0 Å². The van der Waals surface area contributed by atoms with Gasteiger partial charge in [0, 0.05) is 24.7 Å². The fraction of sp³-hybridized carbons (Fsp3) is 0.278. The molecular weight excluding hydrogens is 388 g/mol. The van der Waals surface area contributed by atoms with Crippen LogP contribution < -0.4 is 9.47 Å². The Kier molecular flexibility index (Phi) is 5.61. The Hall–Kier alpha value is -2.98. The van der Waals surface area contributed by atoms with Crippen LogP contribution in [0.15, 0.2) is 41.3 Å². The second-order valence-corrected chi connectivity index (χ2v) is 8.07. The smallest absolute Gasteiger partial charge is 0.312 e. The molecule has 0 unspecified atom stereocenters. The lowest BCUT2D eigenvalue weighted by Crippen LogP contribution is -2.27. The summed E-state index contributed by atoms with van der Waals surface area (Å²) in [6.07, 6.45) is 2.12. The third kappa shape index (κ3) is 3.82. The summed E-state index contributed by atoms with van der Waals surface area (Å²) in [7, 11) is -2.41. The Bertz CT molecular complexity index is 1010. The van der Waals surface area contributed by atoms with Gasteiger partial charge < -0.3 is 9.47 Å². The lowest BCUT2D eigenvalue weighted by Gasteiger charge is -2.16. The monoisotopic (exact) mass is 406 g/mol. The Morgan fingerprint density at radius 3 is 2.36 bits per heavy atom. The second-order valence-electron chi connectivity index (χ2n) is 6.13. The fourth-order valence-electron chi connectivity index (χ4n) is 2.93. The number of hydrogen-bond donors (Lipinski definition) is 0. The van der Waals surface area contributed by atoms with Gasteiger partial charge in [0.1, 0.15) is 6.29 Å². The van der Waals surface area contributed by atoms with Crippen LogP contribution in [0, 0.1) is 10.1 Å². The van der Waals surface area contributed by atoms with Crippen molar-refractivity contribution in [3.63, 3.8) is 0 Å². The lowest BCUT2D eigenvalue weighted by atomic mass is 10.2. The number of carbonyl (C=O) groups is 1. The standard InChI is InChI=1S/C18H18N2O7S/c1-26-17-6-4-13(12-21)10-18(17)27-16-7-5-14(11-15(16)20(22)23)28(24,25)19-8-2-3-9-19/h4-7,10-12H,2-3,8-9H2,1H3. The number of rotatable bonds is 7. The number of nitro groups is 1. The largest absolute Gasteiger partial charge is 0.493 e. The average Bonchev–Trinajstić information content (AvgIpc) is 3.23. The van der Waals surface area contributed by atoms with E-state index < -0.39 is 20.6 Å². The molecule has 0 aromatic heterocycles. The number of ether oxygens (including phenoxy) is 2. The van der Waals surface area contributed by atoms with Crippen LogP contribution in [0.4, 0.5) is 5.69 Å². The summed E-state index contributed by atoms with van der Waals surface area (Å²) >= 11 is 0. The summed E-state index contributed by atoms with van der Waals surface area (Å²) in [5.74, 6) is 0.214. The average molecular weight is 406 g/mol. The third-order valence-electron chi connectivity index (χ3n) is 4.37. The van der Waals surface area contributed by atoms with E-state index >= 15 is 0 Å². The number of nitrogens with zero attached hydrogens (tertiary/aromatic N) is 2. The van der Waals surface area contributed by atoms with Crippen molar-refractivity contribution in [3.05, 3.63) is 52.1 Å². The van der Waals surface area contributed by atoms with Crippen molar-refractivity contribution < 1.29 is 27.6 Å². The van der Waals surface area contributed by atoms with Gasteiger partial charge >= 0.3 is 5.69 Å². The number of hydrogen-bond acceptors (Lipinski definition) is 7. The summed E-state index contributed by atoms with van der Waals surface area (Å²) in [6, 6.07) is 7.87. The highest BCUT2D eigenvalue weighted by molar-refractivity contribution is 7.89. The van der Waals surface area contributed by atoms with Crippen molar-refractivity contribution in [1.82, 2.24) is 4.31 Å². The molecule has 28 heavy (non-hydrogen) atoms. The van der Waals surface area contributed by atoms with Gasteiger partial charge in [0.2, 0.25) is 15.8 Å². The van der Waals surface area contributed by atoms with Gasteiger partial charge in [-0.2, -0.15) is 4.31 Å². The third-order valence-corrected chi connectivity index (χ3v) is 6.27. The van der Waals surface area contributed by atoms with Crippen molar-refractivity contribution in [2.24, 2.45) is 0 Å². The van der Waals surface area contributed by atoms with Gasteiger partial charge in [-0.05, 0) is 43.2 Å². The second kappa shape index (κ2) is 7.95. The summed E-state index contributed by atoms with van der Waals surface area (Å²) in [6.45, 7) is 0.786. The molecule has 0 radical (unpaired) electrons. The zero-order chi connectivity index (χ0) is 20.3. The molecule has 0 saturated carbocycles. The number of benzene rings is 2. The molecule has 0 atom stereocenters. The predicted octanol–water partition coefficient (Wildman–Crippen LogP) is 2.99. The molecule has 148 valence electrons. The van der Waals surface area contributed by atoms with E-state index in [2.05, 4.69) is 0 Å².